The molecule has 0 radical (unpaired) electrons. The number of hydrogen-bond acceptors (Lipinski definition) is 4. The van der Waals surface area contributed by atoms with Crippen LogP contribution in [0.1, 0.15) is 22.8 Å². The topological polar surface area (TPSA) is 68.4 Å². The molecule has 7 heteroatoms. The van der Waals surface area contributed by atoms with Crippen LogP contribution in [0.3, 0.4) is 0 Å². The van der Waals surface area contributed by atoms with Crippen LogP contribution >= 0.6 is 11.6 Å². The molecule has 0 fully saturated rings. The fourth-order valence-corrected chi connectivity index (χ4v) is 3.89. The maximum Gasteiger partial charge on any atom is 0.328 e. The molecule has 1 heterocycles. The lowest BCUT2D eigenvalue weighted by atomic mass is 10.1. The predicted octanol–water partition coefficient (Wildman–Crippen LogP) is 3.93. The molecular formula is C25H26ClN3O3. The first-order valence-corrected chi connectivity index (χ1v) is 10.8. The lowest BCUT2D eigenvalue weighted by molar-refractivity contribution is 0.108. The fraction of sp³-hybridized carbons (Fsp3) is 0.240. The molecule has 0 aliphatic heterocycles. The maximum absolute atomic E-state index is 12.1. The molecule has 6 nitrogen and oxygen atoms in total. The number of benzene rings is 3. The van der Waals surface area contributed by atoms with Crippen molar-refractivity contribution < 1.29 is 9.84 Å². The van der Waals surface area contributed by atoms with Crippen LogP contribution in [-0.4, -0.2) is 20.8 Å². The highest BCUT2D eigenvalue weighted by atomic mass is 35.5. The SMILES string of the molecule is Cn1c(=O)n(C)c2cc([C@@H](O)COc3ccc(CNCc4ccccc4Cl)cc3)ccc21. The van der Waals surface area contributed by atoms with Crippen LogP contribution in [0, 0.1) is 0 Å². The number of aromatic nitrogens is 2. The molecule has 0 aliphatic carbocycles. The van der Waals surface area contributed by atoms with E-state index in [2.05, 4.69) is 5.32 Å². The summed E-state index contributed by atoms with van der Waals surface area (Å²) < 4.78 is 8.94. The molecule has 0 saturated heterocycles. The summed E-state index contributed by atoms with van der Waals surface area (Å²) in [5, 5.41) is 14.7. The second-order valence-electron chi connectivity index (χ2n) is 7.81. The van der Waals surface area contributed by atoms with Gasteiger partial charge in [-0.05, 0) is 47.0 Å². The number of ether oxygens (including phenoxy) is 1. The standard InChI is InChI=1S/C25H26ClN3O3/c1-28-22-12-9-18(13-23(22)29(2)25(28)31)24(30)16-32-20-10-7-17(8-11-20)14-27-15-19-5-3-4-6-21(19)26/h3-13,24,27,30H,14-16H2,1-2H3/t24-/m0/s1. The Balaban J connectivity index is 1.32. The van der Waals surface area contributed by atoms with Crippen LogP contribution < -0.4 is 15.7 Å². The summed E-state index contributed by atoms with van der Waals surface area (Å²) in [6, 6.07) is 21.1. The molecule has 1 atom stereocenters. The van der Waals surface area contributed by atoms with Gasteiger partial charge in [-0.2, -0.15) is 0 Å². The summed E-state index contributed by atoms with van der Waals surface area (Å²) in [6.07, 6.45) is -0.799. The van der Waals surface area contributed by atoms with Gasteiger partial charge in [-0.1, -0.05) is 48.0 Å². The van der Waals surface area contributed by atoms with Crippen molar-refractivity contribution in [2.45, 2.75) is 19.2 Å². The summed E-state index contributed by atoms with van der Waals surface area (Å²) in [5.41, 5.74) is 4.41. The first-order valence-electron chi connectivity index (χ1n) is 10.4. The highest BCUT2D eigenvalue weighted by Gasteiger charge is 2.13. The van der Waals surface area contributed by atoms with Crippen LogP contribution in [0.5, 0.6) is 5.75 Å². The number of fused-ring (bicyclic) bond motifs is 1. The summed E-state index contributed by atoms with van der Waals surface area (Å²) in [6.45, 7) is 1.53. The molecule has 4 rings (SSSR count). The molecule has 32 heavy (non-hydrogen) atoms. The molecule has 166 valence electrons. The first kappa shape index (κ1) is 22.1. The van der Waals surface area contributed by atoms with Gasteiger partial charge in [0, 0.05) is 32.2 Å². The van der Waals surface area contributed by atoms with Crippen molar-refractivity contribution in [3.8, 4) is 5.75 Å². The van der Waals surface area contributed by atoms with E-state index in [0.717, 1.165) is 27.2 Å². The molecule has 3 aromatic carbocycles. The summed E-state index contributed by atoms with van der Waals surface area (Å²) in [5.74, 6) is 0.687. The Labute approximate surface area is 191 Å². The van der Waals surface area contributed by atoms with E-state index in [9.17, 15) is 9.90 Å². The Morgan fingerprint density at radius 2 is 1.69 bits per heavy atom. The molecule has 4 aromatic rings. The van der Waals surface area contributed by atoms with Crippen molar-refractivity contribution in [1.29, 1.82) is 0 Å². The number of hydrogen-bond donors (Lipinski definition) is 2. The molecule has 0 amide bonds. The van der Waals surface area contributed by atoms with Crippen LogP contribution in [0.4, 0.5) is 0 Å². The number of aliphatic hydroxyl groups is 1. The smallest absolute Gasteiger partial charge is 0.328 e. The molecule has 0 bridgehead atoms. The number of rotatable bonds is 8. The van der Waals surface area contributed by atoms with E-state index in [0.29, 0.717) is 24.4 Å². The second-order valence-corrected chi connectivity index (χ2v) is 8.22. The fourth-order valence-electron chi connectivity index (χ4n) is 3.69. The third-order valence-electron chi connectivity index (χ3n) is 5.61. The Hall–Kier alpha value is -3.06. The van der Waals surface area contributed by atoms with E-state index < -0.39 is 6.10 Å². The minimum atomic E-state index is -0.799. The number of nitrogens with one attached hydrogen (secondary N) is 1. The van der Waals surface area contributed by atoms with Crippen LogP contribution in [0.25, 0.3) is 11.0 Å². The van der Waals surface area contributed by atoms with Crippen molar-refractivity contribution in [1.82, 2.24) is 14.5 Å². The van der Waals surface area contributed by atoms with E-state index >= 15 is 0 Å². The van der Waals surface area contributed by atoms with Crippen molar-refractivity contribution >= 4 is 22.6 Å². The molecule has 0 spiro atoms. The van der Waals surface area contributed by atoms with Crippen LogP contribution in [-0.2, 0) is 27.2 Å². The monoisotopic (exact) mass is 451 g/mol. The average Bonchev–Trinajstić information content (AvgIpc) is 3.03. The zero-order valence-electron chi connectivity index (χ0n) is 18.1. The van der Waals surface area contributed by atoms with E-state index in [1.54, 1.807) is 23.2 Å². The van der Waals surface area contributed by atoms with Crippen molar-refractivity contribution in [3.05, 3.63) is 98.9 Å². The van der Waals surface area contributed by atoms with Gasteiger partial charge in [0.2, 0.25) is 0 Å². The van der Waals surface area contributed by atoms with E-state index in [1.165, 1.54) is 0 Å². The van der Waals surface area contributed by atoms with Crippen molar-refractivity contribution in [2.75, 3.05) is 6.61 Å². The third kappa shape index (κ3) is 4.72. The van der Waals surface area contributed by atoms with Gasteiger partial charge < -0.3 is 15.2 Å². The lowest BCUT2D eigenvalue weighted by Crippen LogP contribution is -2.19. The highest BCUT2D eigenvalue weighted by molar-refractivity contribution is 6.31. The minimum absolute atomic E-state index is 0.0932. The average molecular weight is 452 g/mol. The van der Waals surface area contributed by atoms with Gasteiger partial charge in [0.05, 0.1) is 11.0 Å². The van der Waals surface area contributed by atoms with Gasteiger partial charge in [0.25, 0.3) is 0 Å². The third-order valence-corrected chi connectivity index (χ3v) is 5.98. The molecule has 1 aromatic heterocycles. The Bertz CT molecular complexity index is 1280. The number of halogens is 1. The Morgan fingerprint density at radius 3 is 2.44 bits per heavy atom. The summed E-state index contributed by atoms with van der Waals surface area (Å²) in [7, 11) is 3.46. The van der Waals surface area contributed by atoms with Gasteiger partial charge in [0.1, 0.15) is 18.5 Å². The Kier molecular flexibility index (Phi) is 6.65. The quantitative estimate of drug-likeness (QED) is 0.426. The molecule has 0 saturated carbocycles. The number of imidazole rings is 1. The zero-order valence-corrected chi connectivity index (χ0v) is 18.8. The zero-order chi connectivity index (χ0) is 22.7. The van der Waals surface area contributed by atoms with Gasteiger partial charge >= 0.3 is 5.69 Å². The predicted molar refractivity (Wildman–Crippen MR) is 127 cm³/mol. The lowest BCUT2D eigenvalue weighted by Gasteiger charge is -2.14. The number of nitrogens with zero attached hydrogens (tertiary/aromatic N) is 2. The number of aliphatic hydroxyl groups excluding tert-OH is 1. The first-order chi connectivity index (χ1) is 15.4. The van der Waals surface area contributed by atoms with Crippen molar-refractivity contribution in [2.24, 2.45) is 14.1 Å². The van der Waals surface area contributed by atoms with Gasteiger partial charge in [-0.25, -0.2) is 4.79 Å². The molecule has 0 unspecified atom stereocenters. The summed E-state index contributed by atoms with van der Waals surface area (Å²) in [4.78, 5) is 12.1. The number of aryl methyl sites for hydroxylation is 2. The minimum Gasteiger partial charge on any atom is -0.491 e. The van der Waals surface area contributed by atoms with E-state index in [4.69, 9.17) is 16.3 Å². The summed E-state index contributed by atoms with van der Waals surface area (Å²) >= 11 is 6.18. The van der Waals surface area contributed by atoms with Crippen LogP contribution in [0.2, 0.25) is 5.02 Å². The normalized spacial score (nSPS) is 12.2. The molecular weight excluding hydrogens is 426 g/mol. The van der Waals surface area contributed by atoms with Gasteiger partial charge in [0.15, 0.2) is 0 Å². The van der Waals surface area contributed by atoms with E-state index in [1.807, 2.05) is 66.7 Å². The second kappa shape index (κ2) is 9.61. The van der Waals surface area contributed by atoms with Gasteiger partial charge in [-0.3, -0.25) is 9.13 Å². The maximum atomic E-state index is 12.1. The van der Waals surface area contributed by atoms with Gasteiger partial charge in [-0.15, -0.1) is 0 Å². The highest BCUT2D eigenvalue weighted by Crippen LogP contribution is 2.21. The molecule has 0 aliphatic rings. The molecule has 2 N–H and O–H groups in total. The van der Waals surface area contributed by atoms with Crippen molar-refractivity contribution in [3.63, 3.8) is 0 Å². The van der Waals surface area contributed by atoms with Crippen LogP contribution in [0.15, 0.2) is 71.5 Å². The largest absolute Gasteiger partial charge is 0.491 e. The Morgan fingerprint density at radius 1 is 0.969 bits per heavy atom. The van der Waals surface area contributed by atoms with E-state index in [-0.39, 0.29) is 12.3 Å².